The number of nitrogens with one attached hydrogen (secondary N) is 2. The first-order valence-corrected chi connectivity index (χ1v) is 8.35. The van der Waals surface area contributed by atoms with Crippen LogP contribution in [0.25, 0.3) is 0 Å². The number of benzene rings is 1. The first kappa shape index (κ1) is 17.5. The van der Waals surface area contributed by atoms with Crippen LogP contribution in [0, 0.1) is 5.92 Å². The molecule has 5 nitrogen and oxygen atoms in total. The number of likely N-dealkylation sites (tertiary alicyclic amines) is 1. The Morgan fingerprint density at radius 1 is 1.22 bits per heavy atom. The largest absolute Gasteiger partial charge is 0.340 e. The van der Waals surface area contributed by atoms with Crippen LogP contribution in [0.3, 0.4) is 0 Å². The van der Waals surface area contributed by atoms with Gasteiger partial charge in [-0.1, -0.05) is 32.0 Å². The van der Waals surface area contributed by atoms with Gasteiger partial charge >= 0.3 is 0 Å². The summed E-state index contributed by atoms with van der Waals surface area (Å²) in [6.07, 6.45) is 2.08. The van der Waals surface area contributed by atoms with Crippen molar-refractivity contribution < 1.29 is 9.59 Å². The van der Waals surface area contributed by atoms with E-state index in [-0.39, 0.29) is 17.7 Å². The van der Waals surface area contributed by atoms with Gasteiger partial charge in [-0.2, -0.15) is 0 Å². The molecular formula is C18H27N3O2. The molecule has 2 atom stereocenters. The molecule has 23 heavy (non-hydrogen) atoms. The van der Waals surface area contributed by atoms with Crippen LogP contribution in [0.5, 0.6) is 0 Å². The molecule has 2 rings (SSSR count). The van der Waals surface area contributed by atoms with Gasteiger partial charge in [0.1, 0.15) is 6.04 Å². The minimum Gasteiger partial charge on any atom is -0.340 e. The molecule has 0 saturated carbocycles. The smallest absolute Gasteiger partial charge is 0.251 e. The van der Waals surface area contributed by atoms with E-state index in [1.54, 1.807) is 12.1 Å². The number of amides is 2. The average Bonchev–Trinajstić information content (AvgIpc) is 2.59. The number of carbonyl (C=O) groups excluding carboxylic acids is 2. The minimum atomic E-state index is -0.488. The van der Waals surface area contributed by atoms with Crippen LogP contribution in [0.2, 0.25) is 0 Å². The van der Waals surface area contributed by atoms with E-state index in [0.29, 0.717) is 18.2 Å². The zero-order valence-electron chi connectivity index (χ0n) is 14.2. The van der Waals surface area contributed by atoms with Gasteiger partial charge in [0.2, 0.25) is 5.91 Å². The molecule has 0 spiro atoms. The van der Waals surface area contributed by atoms with Gasteiger partial charge in [-0.05, 0) is 37.9 Å². The molecule has 126 valence electrons. The van der Waals surface area contributed by atoms with E-state index in [9.17, 15) is 9.59 Å². The van der Waals surface area contributed by atoms with Crippen molar-refractivity contribution >= 4 is 11.8 Å². The first-order chi connectivity index (χ1) is 11.0. The number of likely N-dealkylation sites (N-methyl/N-ethyl adjacent to an activating group) is 1. The first-order valence-electron chi connectivity index (χ1n) is 8.35. The molecule has 1 aromatic carbocycles. The van der Waals surface area contributed by atoms with Crippen LogP contribution >= 0.6 is 0 Å². The fourth-order valence-corrected chi connectivity index (χ4v) is 2.94. The Morgan fingerprint density at radius 2 is 1.91 bits per heavy atom. The lowest BCUT2D eigenvalue weighted by molar-refractivity contribution is -0.135. The second kappa shape index (κ2) is 8.11. The van der Waals surface area contributed by atoms with Crippen molar-refractivity contribution in [3.05, 3.63) is 35.9 Å². The van der Waals surface area contributed by atoms with Crippen molar-refractivity contribution in [2.24, 2.45) is 5.92 Å². The highest BCUT2D eigenvalue weighted by molar-refractivity contribution is 5.97. The number of nitrogens with zero attached hydrogens (tertiary/aromatic N) is 1. The molecule has 0 radical (unpaired) electrons. The summed E-state index contributed by atoms with van der Waals surface area (Å²) in [6, 6.07) is 8.88. The molecule has 1 aromatic rings. The van der Waals surface area contributed by atoms with E-state index < -0.39 is 6.04 Å². The predicted molar refractivity (Wildman–Crippen MR) is 91.2 cm³/mol. The maximum atomic E-state index is 12.9. The maximum absolute atomic E-state index is 12.9. The Labute approximate surface area is 138 Å². The van der Waals surface area contributed by atoms with Gasteiger partial charge in [0.05, 0.1) is 0 Å². The highest BCUT2D eigenvalue weighted by Crippen LogP contribution is 2.14. The molecule has 0 aliphatic carbocycles. The standard InChI is InChI=1S/C18H27N3O2/c1-13(2)16(20-17(22)14-8-5-4-6-9-14)18(23)21-11-7-10-15(12-21)19-3/h4-6,8-9,13,15-16,19H,7,10-12H2,1-3H3,(H,20,22). The van der Waals surface area contributed by atoms with Gasteiger partial charge in [0.15, 0.2) is 0 Å². The third-order valence-corrected chi connectivity index (χ3v) is 4.40. The summed E-state index contributed by atoms with van der Waals surface area (Å²) in [6.45, 7) is 5.40. The summed E-state index contributed by atoms with van der Waals surface area (Å²) in [5.74, 6) is -0.130. The van der Waals surface area contributed by atoms with E-state index in [0.717, 1.165) is 19.4 Å². The van der Waals surface area contributed by atoms with Crippen LogP contribution in [0.1, 0.15) is 37.0 Å². The van der Waals surface area contributed by atoms with Crippen molar-refractivity contribution in [2.45, 2.75) is 38.8 Å². The van der Waals surface area contributed by atoms with Gasteiger partial charge in [-0.25, -0.2) is 0 Å². The molecule has 2 N–H and O–H groups in total. The van der Waals surface area contributed by atoms with E-state index in [4.69, 9.17) is 0 Å². The van der Waals surface area contributed by atoms with E-state index >= 15 is 0 Å². The zero-order valence-corrected chi connectivity index (χ0v) is 14.2. The number of piperidine rings is 1. The van der Waals surface area contributed by atoms with E-state index in [2.05, 4.69) is 10.6 Å². The Kier molecular flexibility index (Phi) is 6.16. The van der Waals surface area contributed by atoms with Crippen LogP contribution in [-0.4, -0.2) is 48.9 Å². The second-order valence-electron chi connectivity index (χ2n) is 6.47. The number of hydrogen-bond acceptors (Lipinski definition) is 3. The lowest BCUT2D eigenvalue weighted by Crippen LogP contribution is -2.55. The highest BCUT2D eigenvalue weighted by atomic mass is 16.2. The van der Waals surface area contributed by atoms with Gasteiger partial charge in [0.25, 0.3) is 5.91 Å². The number of hydrogen-bond donors (Lipinski definition) is 2. The third-order valence-electron chi connectivity index (χ3n) is 4.40. The van der Waals surface area contributed by atoms with Gasteiger partial charge in [0, 0.05) is 24.7 Å². The molecule has 2 amide bonds. The Bertz CT molecular complexity index is 530. The molecule has 1 aliphatic rings. The van der Waals surface area contributed by atoms with Crippen molar-refractivity contribution in [3.8, 4) is 0 Å². The second-order valence-corrected chi connectivity index (χ2v) is 6.47. The monoisotopic (exact) mass is 317 g/mol. The van der Waals surface area contributed by atoms with E-state index in [1.165, 1.54) is 0 Å². The summed E-state index contributed by atoms with van der Waals surface area (Å²) in [5, 5.41) is 6.15. The van der Waals surface area contributed by atoms with Crippen molar-refractivity contribution in [1.82, 2.24) is 15.5 Å². The normalized spacial score (nSPS) is 19.5. The minimum absolute atomic E-state index is 0.0178. The molecule has 1 heterocycles. The molecule has 0 aromatic heterocycles. The third kappa shape index (κ3) is 4.55. The molecule has 1 fully saturated rings. The highest BCUT2D eigenvalue weighted by Gasteiger charge is 2.31. The lowest BCUT2D eigenvalue weighted by atomic mass is 9.99. The summed E-state index contributed by atoms with van der Waals surface area (Å²) in [5.41, 5.74) is 0.581. The average molecular weight is 317 g/mol. The quantitative estimate of drug-likeness (QED) is 0.868. The van der Waals surface area contributed by atoms with Crippen molar-refractivity contribution in [1.29, 1.82) is 0 Å². The molecule has 1 saturated heterocycles. The van der Waals surface area contributed by atoms with Crippen molar-refractivity contribution in [3.63, 3.8) is 0 Å². The molecule has 5 heteroatoms. The Hall–Kier alpha value is -1.88. The van der Waals surface area contributed by atoms with Crippen LogP contribution in [0.4, 0.5) is 0 Å². The maximum Gasteiger partial charge on any atom is 0.251 e. The molecule has 0 bridgehead atoms. The number of carbonyl (C=O) groups is 2. The zero-order chi connectivity index (χ0) is 16.8. The van der Waals surface area contributed by atoms with Gasteiger partial charge in [-0.15, -0.1) is 0 Å². The summed E-state index contributed by atoms with van der Waals surface area (Å²) < 4.78 is 0. The van der Waals surface area contributed by atoms with Gasteiger partial charge in [-0.3, -0.25) is 9.59 Å². The predicted octanol–water partition coefficient (Wildman–Crippen LogP) is 1.65. The summed E-state index contributed by atoms with van der Waals surface area (Å²) >= 11 is 0. The van der Waals surface area contributed by atoms with Crippen LogP contribution in [-0.2, 0) is 4.79 Å². The van der Waals surface area contributed by atoms with E-state index in [1.807, 2.05) is 44.0 Å². The SMILES string of the molecule is CNC1CCCN(C(=O)C(NC(=O)c2ccccc2)C(C)C)C1. The fraction of sp³-hybridized carbons (Fsp3) is 0.556. The molecule has 2 unspecified atom stereocenters. The summed E-state index contributed by atoms with van der Waals surface area (Å²) in [4.78, 5) is 27.1. The fourth-order valence-electron chi connectivity index (χ4n) is 2.94. The van der Waals surface area contributed by atoms with Crippen LogP contribution in [0.15, 0.2) is 30.3 Å². The molecular weight excluding hydrogens is 290 g/mol. The topological polar surface area (TPSA) is 61.4 Å². The molecule has 1 aliphatic heterocycles. The van der Waals surface area contributed by atoms with Gasteiger partial charge < -0.3 is 15.5 Å². The lowest BCUT2D eigenvalue weighted by Gasteiger charge is -2.36. The summed E-state index contributed by atoms with van der Waals surface area (Å²) in [7, 11) is 1.93. The Morgan fingerprint density at radius 3 is 2.52 bits per heavy atom. The Balaban J connectivity index is 2.05. The number of rotatable bonds is 5. The van der Waals surface area contributed by atoms with Crippen LogP contribution < -0.4 is 10.6 Å². The van der Waals surface area contributed by atoms with Crippen molar-refractivity contribution in [2.75, 3.05) is 20.1 Å².